The molecule has 3 aromatic rings. The molecule has 4 heteroatoms. The Labute approximate surface area is 153 Å². The Bertz CT molecular complexity index is 872. The lowest BCUT2D eigenvalue weighted by Gasteiger charge is -2.30. The summed E-state index contributed by atoms with van der Waals surface area (Å²) >= 11 is 1.85. The Morgan fingerprint density at radius 2 is 1.80 bits per heavy atom. The molecule has 0 aliphatic carbocycles. The van der Waals surface area contributed by atoms with Crippen LogP contribution in [-0.2, 0) is 6.42 Å². The Hall–Kier alpha value is -1.75. The molecule has 0 amide bonds. The summed E-state index contributed by atoms with van der Waals surface area (Å²) in [5.41, 5.74) is 5.12. The van der Waals surface area contributed by atoms with Crippen molar-refractivity contribution in [2.24, 2.45) is 0 Å². The number of hydrogen-bond acceptors (Lipinski definition) is 3. The fourth-order valence-electron chi connectivity index (χ4n) is 3.77. The molecule has 2 atom stereocenters. The highest BCUT2D eigenvalue weighted by molar-refractivity contribution is 7.99. The molecule has 0 spiro atoms. The van der Waals surface area contributed by atoms with Crippen LogP contribution in [-0.4, -0.2) is 41.0 Å². The molecule has 2 unspecified atom stereocenters. The van der Waals surface area contributed by atoms with E-state index in [-0.39, 0.29) is 5.25 Å². The van der Waals surface area contributed by atoms with Crippen molar-refractivity contribution in [3.05, 3.63) is 71.4 Å². The molecule has 1 aliphatic heterocycles. The molecule has 1 aromatic heterocycles. The number of likely N-dealkylation sites (N-methyl/N-ethyl adjacent to an activating group) is 1. The molecule has 2 aromatic carbocycles. The summed E-state index contributed by atoms with van der Waals surface area (Å²) in [6.07, 6.45) is 0.532. The van der Waals surface area contributed by atoms with Crippen molar-refractivity contribution in [3.63, 3.8) is 0 Å². The topological polar surface area (TPSA) is 28.4 Å². The van der Waals surface area contributed by atoms with Crippen molar-refractivity contribution in [1.29, 1.82) is 0 Å². The summed E-state index contributed by atoms with van der Waals surface area (Å²) in [4.78, 5) is 2.22. The second-order valence-corrected chi connectivity index (χ2v) is 8.05. The molecular weight excluding hydrogens is 328 g/mol. The smallest absolute Gasteiger partial charge is 0.140 e. The third-order valence-corrected chi connectivity index (χ3v) is 6.25. The van der Waals surface area contributed by atoms with Crippen LogP contribution in [0, 0.1) is 0 Å². The number of aromatic nitrogens is 1. The van der Waals surface area contributed by atoms with Crippen LogP contribution < -0.4 is 0 Å². The first-order valence-electron chi connectivity index (χ1n) is 8.78. The predicted octanol–water partition coefficient (Wildman–Crippen LogP) is 4.07. The zero-order valence-corrected chi connectivity index (χ0v) is 15.5. The average Bonchev–Trinajstić information content (AvgIpc) is 2.96. The van der Waals surface area contributed by atoms with E-state index in [2.05, 4.69) is 78.2 Å². The van der Waals surface area contributed by atoms with Crippen LogP contribution in [0.1, 0.15) is 28.3 Å². The van der Waals surface area contributed by atoms with Crippen molar-refractivity contribution in [3.8, 4) is 0 Å². The lowest BCUT2D eigenvalue weighted by Crippen LogP contribution is -2.23. The maximum Gasteiger partial charge on any atom is 0.140 e. The lowest BCUT2D eigenvalue weighted by molar-refractivity contribution is 0.128. The van der Waals surface area contributed by atoms with Gasteiger partial charge in [0.2, 0.25) is 0 Å². The number of hydrogen-bond donors (Lipinski definition) is 1. The minimum Gasteiger partial charge on any atom is -0.372 e. The van der Waals surface area contributed by atoms with Crippen LogP contribution in [0.5, 0.6) is 0 Å². The predicted molar refractivity (Wildman–Crippen MR) is 106 cm³/mol. The number of thioether (sulfide) groups is 1. The SMILES string of the molecule is CN(C)CCc1c2n(c3ccccc13)C(O)CSC2c1ccccc1. The first kappa shape index (κ1) is 16.7. The molecule has 0 radical (unpaired) electrons. The van der Waals surface area contributed by atoms with Crippen LogP contribution in [0.3, 0.4) is 0 Å². The number of nitrogens with zero attached hydrogens (tertiary/aromatic N) is 2. The second-order valence-electron chi connectivity index (χ2n) is 6.91. The Morgan fingerprint density at radius 1 is 1.08 bits per heavy atom. The van der Waals surface area contributed by atoms with Crippen LogP contribution in [0.4, 0.5) is 0 Å². The fourth-order valence-corrected chi connectivity index (χ4v) is 5.05. The van der Waals surface area contributed by atoms with Gasteiger partial charge in [-0.3, -0.25) is 0 Å². The number of aliphatic hydroxyl groups is 1. The van der Waals surface area contributed by atoms with E-state index < -0.39 is 6.23 Å². The molecule has 3 nitrogen and oxygen atoms in total. The van der Waals surface area contributed by atoms with Gasteiger partial charge in [-0.2, -0.15) is 0 Å². The van der Waals surface area contributed by atoms with Gasteiger partial charge in [0.15, 0.2) is 0 Å². The zero-order valence-electron chi connectivity index (χ0n) is 14.7. The monoisotopic (exact) mass is 352 g/mol. The molecule has 2 heterocycles. The van der Waals surface area contributed by atoms with Crippen LogP contribution in [0.25, 0.3) is 10.9 Å². The van der Waals surface area contributed by atoms with Gasteiger partial charge in [0.1, 0.15) is 6.23 Å². The Morgan fingerprint density at radius 3 is 2.56 bits per heavy atom. The largest absolute Gasteiger partial charge is 0.372 e. The highest BCUT2D eigenvalue weighted by atomic mass is 32.2. The molecule has 0 saturated heterocycles. The van der Waals surface area contributed by atoms with Crippen LogP contribution in [0.2, 0.25) is 0 Å². The third kappa shape index (κ3) is 2.99. The van der Waals surface area contributed by atoms with Gasteiger partial charge in [-0.1, -0.05) is 48.5 Å². The number of rotatable bonds is 4. The molecule has 0 saturated carbocycles. The van der Waals surface area contributed by atoms with E-state index in [0.717, 1.165) is 24.2 Å². The van der Waals surface area contributed by atoms with Gasteiger partial charge in [-0.25, -0.2) is 0 Å². The van der Waals surface area contributed by atoms with E-state index in [1.807, 2.05) is 11.8 Å². The van der Waals surface area contributed by atoms with Crippen molar-refractivity contribution in [2.75, 3.05) is 26.4 Å². The number of aliphatic hydroxyl groups excluding tert-OH is 1. The summed E-state index contributed by atoms with van der Waals surface area (Å²) in [6.45, 7) is 1.00. The number of para-hydroxylation sites is 1. The number of benzene rings is 2. The second kappa shape index (κ2) is 6.87. The van der Waals surface area contributed by atoms with Crippen molar-refractivity contribution in [1.82, 2.24) is 9.47 Å². The third-order valence-electron chi connectivity index (χ3n) is 4.93. The molecule has 1 aliphatic rings. The van der Waals surface area contributed by atoms with E-state index in [0.29, 0.717) is 0 Å². The lowest BCUT2D eigenvalue weighted by atomic mass is 10.0. The molecule has 4 rings (SSSR count). The van der Waals surface area contributed by atoms with Gasteiger partial charge in [0, 0.05) is 23.4 Å². The minimum atomic E-state index is -0.460. The van der Waals surface area contributed by atoms with Gasteiger partial charge in [-0.15, -0.1) is 11.8 Å². The zero-order chi connectivity index (χ0) is 17.4. The maximum absolute atomic E-state index is 10.7. The van der Waals surface area contributed by atoms with E-state index >= 15 is 0 Å². The fraction of sp³-hybridized carbons (Fsp3) is 0.333. The van der Waals surface area contributed by atoms with Crippen molar-refractivity contribution >= 4 is 22.7 Å². The maximum atomic E-state index is 10.7. The van der Waals surface area contributed by atoms with Gasteiger partial charge in [0.05, 0.1) is 10.8 Å². The normalized spacial score (nSPS) is 20.2. The van der Waals surface area contributed by atoms with E-state index in [1.165, 1.54) is 22.2 Å². The molecule has 1 N–H and O–H groups in total. The van der Waals surface area contributed by atoms with Crippen LogP contribution >= 0.6 is 11.8 Å². The van der Waals surface area contributed by atoms with E-state index in [1.54, 1.807) is 0 Å². The molecule has 130 valence electrons. The highest BCUT2D eigenvalue weighted by Crippen LogP contribution is 2.47. The molecular formula is C21H24N2OS. The van der Waals surface area contributed by atoms with Crippen molar-refractivity contribution < 1.29 is 5.11 Å². The van der Waals surface area contributed by atoms with Gasteiger partial charge in [0.25, 0.3) is 0 Å². The molecule has 0 fully saturated rings. The summed E-state index contributed by atoms with van der Waals surface area (Å²) in [7, 11) is 4.23. The number of fused-ring (bicyclic) bond motifs is 3. The van der Waals surface area contributed by atoms with Gasteiger partial charge in [-0.05, 0) is 37.7 Å². The highest BCUT2D eigenvalue weighted by Gasteiger charge is 2.32. The summed E-state index contributed by atoms with van der Waals surface area (Å²) < 4.78 is 2.18. The Balaban J connectivity index is 1.93. The molecule has 0 bridgehead atoms. The average molecular weight is 353 g/mol. The summed E-state index contributed by atoms with van der Waals surface area (Å²) in [6, 6.07) is 19.2. The quantitative estimate of drug-likeness (QED) is 0.767. The van der Waals surface area contributed by atoms with E-state index in [4.69, 9.17) is 0 Å². The van der Waals surface area contributed by atoms with Crippen LogP contribution in [0.15, 0.2) is 54.6 Å². The van der Waals surface area contributed by atoms with Gasteiger partial charge >= 0.3 is 0 Å². The van der Waals surface area contributed by atoms with Crippen molar-refractivity contribution in [2.45, 2.75) is 17.9 Å². The first-order valence-corrected chi connectivity index (χ1v) is 9.82. The summed E-state index contributed by atoms with van der Waals surface area (Å²) in [5.74, 6) is 0.721. The minimum absolute atomic E-state index is 0.272. The Kier molecular flexibility index (Phi) is 4.59. The van der Waals surface area contributed by atoms with E-state index in [9.17, 15) is 5.11 Å². The molecule has 25 heavy (non-hydrogen) atoms. The summed E-state index contributed by atoms with van der Waals surface area (Å²) in [5, 5.41) is 12.3. The standard InChI is InChI=1S/C21H24N2OS/c1-22(2)13-12-17-16-10-6-7-11-18(16)23-19(24)14-25-21(20(17)23)15-8-4-3-5-9-15/h3-11,19,21,24H,12-14H2,1-2H3. The van der Waals surface area contributed by atoms with Gasteiger partial charge < -0.3 is 14.6 Å². The first-order chi connectivity index (χ1) is 12.2.